The van der Waals surface area contributed by atoms with Crippen molar-refractivity contribution < 1.29 is 4.42 Å². The Balaban J connectivity index is 1.78. The number of nitrogens with one attached hydrogen (secondary N) is 1. The van der Waals surface area contributed by atoms with Crippen LogP contribution in [0.25, 0.3) is 0 Å². The van der Waals surface area contributed by atoms with Crippen molar-refractivity contribution in [1.29, 1.82) is 0 Å². The molecule has 0 aliphatic carbocycles. The number of aromatic nitrogens is 2. The van der Waals surface area contributed by atoms with Crippen LogP contribution in [-0.4, -0.2) is 41.3 Å². The van der Waals surface area contributed by atoms with Gasteiger partial charge in [0.25, 0.3) is 0 Å². The zero-order valence-electron chi connectivity index (χ0n) is 11.9. The fourth-order valence-electron chi connectivity index (χ4n) is 2.29. The van der Waals surface area contributed by atoms with Crippen molar-refractivity contribution in [3.63, 3.8) is 0 Å². The zero-order chi connectivity index (χ0) is 13.2. The summed E-state index contributed by atoms with van der Waals surface area (Å²) in [7, 11) is 2.20. The van der Waals surface area contributed by atoms with Crippen molar-refractivity contribution in [1.82, 2.24) is 15.1 Å². The first-order valence-corrected chi connectivity index (χ1v) is 6.75. The van der Waals surface area contributed by atoms with Gasteiger partial charge in [-0.25, -0.2) is 0 Å². The van der Waals surface area contributed by atoms with E-state index in [1.165, 1.54) is 19.4 Å². The lowest BCUT2D eigenvalue weighted by atomic mass is 9.97. The summed E-state index contributed by atoms with van der Waals surface area (Å²) in [6.07, 6.45) is 3.74. The van der Waals surface area contributed by atoms with Gasteiger partial charge in [-0.15, -0.1) is 5.10 Å². The average molecular weight is 252 g/mol. The van der Waals surface area contributed by atoms with E-state index in [4.69, 9.17) is 4.42 Å². The molecule has 1 atom stereocenters. The Kier molecular flexibility index (Phi) is 3.90. The molecule has 0 saturated carbocycles. The Labute approximate surface area is 109 Å². The summed E-state index contributed by atoms with van der Waals surface area (Å²) in [5.41, 5.74) is -0.0847. The summed E-state index contributed by atoms with van der Waals surface area (Å²) in [6.45, 7) is 8.31. The normalized spacial score (nSPS) is 21.4. The molecule has 102 valence electrons. The molecule has 1 N–H and O–H groups in total. The van der Waals surface area contributed by atoms with Crippen LogP contribution >= 0.6 is 0 Å². The second-order valence-corrected chi connectivity index (χ2v) is 6.15. The zero-order valence-corrected chi connectivity index (χ0v) is 11.9. The van der Waals surface area contributed by atoms with Crippen molar-refractivity contribution in [2.45, 2.75) is 51.5 Å². The highest BCUT2D eigenvalue weighted by molar-refractivity contribution is 5.18. The molecule has 0 amide bonds. The van der Waals surface area contributed by atoms with E-state index in [9.17, 15) is 0 Å². The molecule has 0 radical (unpaired) electrons. The molecule has 0 bridgehead atoms. The van der Waals surface area contributed by atoms with E-state index in [1.54, 1.807) is 0 Å². The average Bonchev–Trinajstić information content (AvgIpc) is 2.88. The van der Waals surface area contributed by atoms with E-state index in [0.29, 0.717) is 17.9 Å². The van der Waals surface area contributed by atoms with Gasteiger partial charge in [0.2, 0.25) is 5.89 Å². The fraction of sp³-hybridized carbons (Fsp3) is 0.846. The van der Waals surface area contributed by atoms with Gasteiger partial charge in [-0.1, -0.05) is 25.9 Å². The molecule has 5 heteroatoms. The Bertz CT molecular complexity index is 383. The maximum Gasteiger partial charge on any atom is 0.315 e. The highest BCUT2D eigenvalue weighted by Gasteiger charge is 2.22. The van der Waals surface area contributed by atoms with Crippen LogP contribution in [0.2, 0.25) is 0 Å². The van der Waals surface area contributed by atoms with Gasteiger partial charge in [0.15, 0.2) is 0 Å². The van der Waals surface area contributed by atoms with Crippen molar-refractivity contribution in [3.05, 3.63) is 5.89 Å². The maximum atomic E-state index is 5.59. The van der Waals surface area contributed by atoms with Crippen molar-refractivity contribution in [2.75, 3.05) is 25.5 Å². The van der Waals surface area contributed by atoms with E-state index in [2.05, 4.69) is 48.2 Å². The third kappa shape index (κ3) is 3.22. The SMILES string of the molecule is CN1CCCC1CCNc1nnc(C(C)(C)C)o1. The molecule has 1 saturated heterocycles. The fourth-order valence-corrected chi connectivity index (χ4v) is 2.29. The molecule has 1 unspecified atom stereocenters. The van der Waals surface area contributed by atoms with E-state index < -0.39 is 0 Å². The first-order valence-electron chi connectivity index (χ1n) is 6.75. The number of anilines is 1. The number of nitrogens with zero attached hydrogens (tertiary/aromatic N) is 3. The molecule has 1 aliphatic rings. The Morgan fingerprint density at radius 2 is 2.17 bits per heavy atom. The summed E-state index contributed by atoms with van der Waals surface area (Å²) in [4.78, 5) is 2.43. The van der Waals surface area contributed by atoms with E-state index in [-0.39, 0.29) is 5.41 Å². The van der Waals surface area contributed by atoms with Crippen molar-refractivity contribution in [2.24, 2.45) is 0 Å². The van der Waals surface area contributed by atoms with Crippen LogP contribution in [0.15, 0.2) is 4.42 Å². The monoisotopic (exact) mass is 252 g/mol. The smallest absolute Gasteiger partial charge is 0.315 e. The minimum absolute atomic E-state index is 0.0847. The third-order valence-electron chi connectivity index (χ3n) is 3.49. The molecular weight excluding hydrogens is 228 g/mol. The van der Waals surface area contributed by atoms with Gasteiger partial charge in [-0.05, 0) is 32.9 Å². The molecule has 1 aliphatic heterocycles. The molecule has 1 aromatic rings. The number of likely N-dealkylation sites (tertiary alicyclic amines) is 1. The van der Waals surface area contributed by atoms with Crippen LogP contribution in [0.4, 0.5) is 6.01 Å². The van der Waals surface area contributed by atoms with E-state index in [0.717, 1.165) is 13.0 Å². The molecule has 1 aromatic heterocycles. The van der Waals surface area contributed by atoms with Crippen molar-refractivity contribution in [3.8, 4) is 0 Å². The van der Waals surface area contributed by atoms with Crippen LogP contribution in [0, 0.1) is 0 Å². The predicted octanol–water partition coefficient (Wildman–Crippen LogP) is 2.26. The minimum Gasteiger partial charge on any atom is -0.408 e. The van der Waals surface area contributed by atoms with Crippen molar-refractivity contribution >= 4 is 6.01 Å². The largest absolute Gasteiger partial charge is 0.408 e. The van der Waals surface area contributed by atoms with Gasteiger partial charge in [0, 0.05) is 18.0 Å². The van der Waals surface area contributed by atoms with E-state index >= 15 is 0 Å². The molecular formula is C13H24N4O. The molecule has 1 fully saturated rings. The molecule has 2 rings (SSSR count). The summed E-state index contributed by atoms with van der Waals surface area (Å²) in [5.74, 6) is 0.683. The number of rotatable bonds is 4. The second kappa shape index (κ2) is 5.26. The summed E-state index contributed by atoms with van der Waals surface area (Å²) in [6, 6.07) is 1.24. The lowest BCUT2D eigenvalue weighted by molar-refractivity contribution is 0.300. The topological polar surface area (TPSA) is 54.2 Å². The van der Waals surface area contributed by atoms with Gasteiger partial charge >= 0.3 is 6.01 Å². The van der Waals surface area contributed by atoms with Gasteiger partial charge in [0.1, 0.15) is 0 Å². The number of hydrogen-bond donors (Lipinski definition) is 1. The third-order valence-corrected chi connectivity index (χ3v) is 3.49. The highest BCUT2D eigenvalue weighted by atomic mass is 16.4. The molecule has 18 heavy (non-hydrogen) atoms. The van der Waals surface area contributed by atoms with Gasteiger partial charge in [-0.3, -0.25) is 0 Å². The lowest BCUT2D eigenvalue weighted by Crippen LogP contribution is -2.26. The summed E-state index contributed by atoms with van der Waals surface area (Å²) in [5, 5.41) is 11.3. The first kappa shape index (κ1) is 13.3. The standard InChI is InChI=1S/C13H24N4O/c1-13(2,3)11-15-16-12(18-11)14-8-7-10-6-5-9-17(10)4/h10H,5-9H2,1-4H3,(H,14,16). The van der Waals surface area contributed by atoms with Gasteiger partial charge in [-0.2, -0.15) is 0 Å². The second-order valence-electron chi connectivity index (χ2n) is 6.15. The lowest BCUT2D eigenvalue weighted by Gasteiger charge is -2.18. The van der Waals surface area contributed by atoms with Crippen LogP contribution in [-0.2, 0) is 5.41 Å². The molecule has 0 spiro atoms. The Morgan fingerprint density at radius 3 is 2.72 bits per heavy atom. The van der Waals surface area contributed by atoms with Gasteiger partial charge < -0.3 is 14.6 Å². The van der Waals surface area contributed by atoms with E-state index in [1.807, 2.05) is 0 Å². The summed E-state index contributed by atoms with van der Waals surface area (Å²) >= 11 is 0. The van der Waals surface area contributed by atoms with Crippen LogP contribution in [0.5, 0.6) is 0 Å². The van der Waals surface area contributed by atoms with Gasteiger partial charge in [0.05, 0.1) is 0 Å². The number of hydrogen-bond acceptors (Lipinski definition) is 5. The van der Waals surface area contributed by atoms with Crippen LogP contribution < -0.4 is 5.32 Å². The minimum atomic E-state index is -0.0847. The molecule has 5 nitrogen and oxygen atoms in total. The summed E-state index contributed by atoms with van der Waals surface area (Å²) < 4.78 is 5.59. The maximum absolute atomic E-state index is 5.59. The van der Waals surface area contributed by atoms with Crippen LogP contribution in [0.3, 0.4) is 0 Å². The van der Waals surface area contributed by atoms with Crippen LogP contribution in [0.1, 0.15) is 45.9 Å². The Morgan fingerprint density at radius 1 is 1.39 bits per heavy atom. The molecule has 2 heterocycles. The Hall–Kier alpha value is -1.10. The first-order chi connectivity index (χ1) is 8.47. The highest BCUT2D eigenvalue weighted by Crippen LogP contribution is 2.22. The quantitative estimate of drug-likeness (QED) is 0.891. The predicted molar refractivity (Wildman–Crippen MR) is 71.8 cm³/mol. The molecule has 0 aromatic carbocycles.